The van der Waals surface area contributed by atoms with E-state index in [0.29, 0.717) is 5.88 Å². The largest absolute Gasteiger partial charge is 0.473 e. The van der Waals surface area contributed by atoms with Gasteiger partial charge in [-0.3, -0.25) is 9.98 Å². The standard InChI is InChI=1S/C21H24N8OS/c1-3-16(17-14-31-21(27-17)28-20-24-7-2-8-25-20)26-18(4-1)29-11-5-15(6-12-29)30-19-13-22-9-10-23-19/h1,3-4,9-10,13-15H,2,5-8,11-12H2,(H2,24,25,27,28). The van der Waals surface area contributed by atoms with Crippen molar-refractivity contribution in [3.05, 3.63) is 42.2 Å². The predicted molar refractivity (Wildman–Crippen MR) is 122 cm³/mol. The molecular formula is C21H24N8OS. The summed E-state index contributed by atoms with van der Waals surface area (Å²) < 4.78 is 5.95. The average Bonchev–Trinajstić information content (AvgIpc) is 3.30. The molecule has 0 spiro atoms. The van der Waals surface area contributed by atoms with E-state index < -0.39 is 0 Å². The molecular weight excluding hydrogens is 412 g/mol. The van der Waals surface area contributed by atoms with Gasteiger partial charge < -0.3 is 20.3 Å². The van der Waals surface area contributed by atoms with Crippen molar-refractivity contribution >= 4 is 28.2 Å². The molecule has 1 saturated heterocycles. The van der Waals surface area contributed by atoms with Gasteiger partial charge in [-0.25, -0.2) is 15.0 Å². The van der Waals surface area contributed by atoms with Crippen LogP contribution in [0.2, 0.25) is 0 Å². The lowest BCUT2D eigenvalue weighted by molar-refractivity contribution is 0.163. The summed E-state index contributed by atoms with van der Waals surface area (Å²) >= 11 is 1.56. The van der Waals surface area contributed by atoms with Gasteiger partial charge in [-0.15, -0.1) is 11.3 Å². The Kier molecular flexibility index (Phi) is 5.87. The molecule has 3 aromatic rings. The Bertz CT molecular complexity index is 1030. The van der Waals surface area contributed by atoms with Crippen LogP contribution in [0.3, 0.4) is 0 Å². The van der Waals surface area contributed by atoms with E-state index in [9.17, 15) is 0 Å². The first kappa shape index (κ1) is 19.7. The topological polar surface area (TPSA) is 100 Å². The molecule has 3 aromatic heterocycles. The molecule has 10 heteroatoms. The van der Waals surface area contributed by atoms with E-state index in [2.05, 4.69) is 36.6 Å². The number of pyridine rings is 1. The first-order valence-corrected chi connectivity index (χ1v) is 11.4. The van der Waals surface area contributed by atoms with E-state index >= 15 is 0 Å². The Morgan fingerprint density at radius 1 is 1.13 bits per heavy atom. The van der Waals surface area contributed by atoms with Crippen LogP contribution in [0.15, 0.2) is 47.2 Å². The predicted octanol–water partition coefficient (Wildman–Crippen LogP) is 2.80. The zero-order valence-electron chi connectivity index (χ0n) is 17.1. The number of anilines is 2. The molecule has 5 heterocycles. The third kappa shape index (κ3) is 4.91. The lowest BCUT2D eigenvalue weighted by atomic mass is 10.1. The molecule has 9 nitrogen and oxygen atoms in total. The van der Waals surface area contributed by atoms with E-state index in [1.54, 1.807) is 29.9 Å². The summed E-state index contributed by atoms with van der Waals surface area (Å²) in [7, 11) is 0. The molecule has 0 aliphatic carbocycles. The zero-order valence-corrected chi connectivity index (χ0v) is 17.9. The average molecular weight is 437 g/mol. The summed E-state index contributed by atoms with van der Waals surface area (Å²) in [4.78, 5) is 24.6. The summed E-state index contributed by atoms with van der Waals surface area (Å²) in [6.07, 6.45) is 8.01. The Labute approximate surface area is 184 Å². The number of hydrogen-bond acceptors (Lipinski definition) is 10. The van der Waals surface area contributed by atoms with Gasteiger partial charge in [0.05, 0.1) is 11.9 Å². The second-order valence-corrected chi connectivity index (χ2v) is 8.26. The first-order chi connectivity index (χ1) is 15.3. The smallest absolute Gasteiger partial charge is 0.232 e. The van der Waals surface area contributed by atoms with Crippen molar-refractivity contribution in [3.8, 4) is 17.3 Å². The van der Waals surface area contributed by atoms with Gasteiger partial charge in [0.2, 0.25) is 5.88 Å². The summed E-state index contributed by atoms with van der Waals surface area (Å²) in [5.41, 5.74) is 1.74. The van der Waals surface area contributed by atoms with Crippen LogP contribution in [-0.4, -0.2) is 58.2 Å². The van der Waals surface area contributed by atoms with Crippen LogP contribution in [0.1, 0.15) is 19.3 Å². The number of aromatic nitrogens is 4. The van der Waals surface area contributed by atoms with Crippen LogP contribution in [0.4, 0.5) is 10.9 Å². The lowest BCUT2D eigenvalue weighted by Gasteiger charge is -2.32. The van der Waals surface area contributed by atoms with Gasteiger partial charge in [0.15, 0.2) is 11.1 Å². The third-order valence-corrected chi connectivity index (χ3v) is 5.97. The quantitative estimate of drug-likeness (QED) is 0.630. The molecule has 0 aromatic carbocycles. The molecule has 1 fully saturated rings. The van der Waals surface area contributed by atoms with Crippen LogP contribution < -0.4 is 20.3 Å². The van der Waals surface area contributed by atoms with E-state index in [1.807, 2.05) is 17.5 Å². The molecule has 31 heavy (non-hydrogen) atoms. The summed E-state index contributed by atoms with van der Waals surface area (Å²) in [5, 5.41) is 9.36. The molecule has 2 aliphatic rings. The minimum Gasteiger partial charge on any atom is -0.473 e. The van der Waals surface area contributed by atoms with E-state index in [0.717, 1.165) is 73.7 Å². The molecule has 0 unspecified atom stereocenters. The highest BCUT2D eigenvalue weighted by atomic mass is 32.1. The van der Waals surface area contributed by atoms with Gasteiger partial charge in [0.1, 0.15) is 17.6 Å². The van der Waals surface area contributed by atoms with Crippen LogP contribution in [0, 0.1) is 0 Å². The van der Waals surface area contributed by atoms with Gasteiger partial charge in [-0.1, -0.05) is 6.07 Å². The molecule has 0 bridgehead atoms. The highest BCUT2D eigenvalue weighted by molar-refractivity contribution is 7.14. The monoisotopic (exact) mass is 436 g/mol. The molecule has 2 aliphatic heterocycles. The summed E-state index contributed by atoms with van der Waals surface area (Å²) in [6.45, 7) is 3.55. The SMILES string of the molecule is c1cc(-c2csc(NC3=NCCCN3)n2)nc(N2CCC(Oc3cnccn3)CC2)c1. The van der Waals surface area contributed by atoms with Crippen molar-refractivity contribution in [1.82, 2.24) is 25.3 Å². The highest BCUT2D eigenvalue weighted by Gasteiger charge is 2.22. The molecule has 5 rings (SSSR count). The number of ether oxygens (including phenoxy) is 1. The molecule has 160 valence electrons. The Balaban J connectivity index is 1.21. The van der Waals surface area contributed by atoms with Gasteiger partial charge in [0, 0.05) is 56.8 Å². The van der Waals surface area contributed by atoms with Crippen molar-refractivity contribution in [2.45, 2.75) is 25.4 Å². The fourth-order valence-electron chi connectivity index (χ4n) is 3.63. The fourth-order valence-corrected chi connectivity index (χ4v) is 4.33. The van der Waals surface area contributed by atoms with Crippen LogP contribution in [0.5, 0.6) is 5.88 Å². The number of hydrogen-bond donors (Lipinski definition) is 2. The van der Waals surface area contributed by atoms with Crippen molar-refractivity contribution in [2.24, 2.45) is 4.99 Å². The number of piperidine rings is 1. The van der Waals surface area contributed by atoms with Crippen LogP contribution >= 0.6 is 11.3 Å². The number of rotatable bonds is 5. The fraction of sp³-hybridized carbons (Fsp3) is 0.381. The second kappa shape index (κ2) is 9.25. The molecule has 2 N–H and O–H groups in total. The first-order valence-electron chi connectivity index (χ1n) is 10.5. The lowest BCUT2D eigenvalue weighted by Crippen LogP contribution is -2.38. The molecule has 0 saturated carbocycles. The highest BCUT2D eigenvalue weighted by Crippen LogP contribution is 2.27. The van der Waals surface area contributed by atoms with Gasteiger partial charge >= 0.3 is 0 Å². The Hall–Kier alpha value is -3.27. The Morgan fingerprint density at radius 2 is 2.06 bits per heavy atom. The van der Waals surface area contributed by atoms with Gasteiger partial charge in [-0.05, 0) is 18.6 Å². The maximum atomic E-state index is 5.95. The zero-order chi connectivity index (χ0) is 20.9. The van der Waals surface area contributed by atoms with Crippen molar-refractivity contribution in [1.29, 1.82) is 0 Å². The van der Waals surface area contributed by atoms with E-state index in [4.69, 9.17) is 14.7 Å². The maximum absolute atomic E-state index is 5.95. The second-order valence-electron chi connectivity index (χ2n) is 7.40. The minimum absolute atomic E-state index is 0.152. The number of guanidine groups is 1. The van der Waals surface area contributed by atoms with Crippen molar-refractivity contribution in [3.63, 3.8) is 0 Å². The number of thiazole rings is 1. The van der Waals surface area contributed by atoms with Crippen LogP contribution in [0.25, 0.3) is 11.4 Å². The van der Waals surface area contributed by atoms with Crippen LogP contribution in [-0.2, 0) is 0 Å². The van der Waals surface area contributed by atoms with Gasteiger partial charge in [-0.2, -0.15) is 0 Å². The number of nitrogens with one attached hydrogen (secondary N) is 2. The third-order valence-electron chi connectivity index (χ3n) is 5.22. The summed E-state index contributed by atoms with van der Waals surface area (Å²) in [5.74, 6) is 2.35. The molecule has 0 radical (unpaired) electrons. The van der Waals surface area contributed by atoms with Crippen molar-refractivity contribution < 1.29 is 4.74 Å². The van der Waals surface area contributed by atoms with E-state index in [1.165, 1.54) is 0 Å². The number of aliphatic imine (C=N–C) groups is 1. The molecule has 0 amide bonds. The van der Waals surface area contributed by atoms with Crippen molar-refractivity contribution in [2.75, 3.05) is 36.4 Å². The van der Waals surface area contributed by atoms with E-state index in [-0.39, 0.29) is 6.10 Å². The Morgan fingerprint density at radius 3 is 2.87 bits per heavy atom. The summed E-state index contributed by atoms with van der Waals surface area (Å²) in [6, 6.07) is 6.10. The van der Waals surface area contributed by atoms with Gasteiger partial charge in [0.25, 0.3) is 0 Å². The maximum Gasteiger partial charge on any atom is 0.232 e. The normalized spacial score (nSPS) is 17.0. The molecule has 0 atom stereocenters. The minimum atomic E-state index is 0.152. The number of nitrogens with zero attached hydrogens (tertiary/aromatic N) is 6.